The topological polar surface area (TPSA) is 58.6 Å². The van der Waals surface area contributed by atoms with Crippen molar-refractivity contribution >= 4 is 29.1 Å². The summed E-state index contributed by atoms with van der Waals surface area (Å²) in [5, 5.41) is 2.60. The second-order valence-corrected chi connectivity index (χ2v) is 4.55. The Bertz CT molecular complexity index is 496. The highest BCUT2D eigenvalue weighted by Gasteiger charge is 2.33. The van der Waals surface area contributed by atoms with Crippen molar-refractivity contribution in [1.82, 2.24) is 10.2 Å². The van der Waals surface area contributed by atoms with Crippen molar-refractivity contribution in [2.75, 3.05) is 6.54 Å². The Kier molecular flexibility index (Phi) is 4.11. The molecule has 2 aliphatic rings. The highest BCUT2D eigenvalue weighted by atomic mass is 32.1. The van der Waals surface area contributed by atoms with E-state index in [1.807, 2.05) is 6.08 Å². The van der Waals surface area contributed by atoms with Gasteiger partial charge in [-0.2, -0.15) is 0 Å². The van der Waals surface area contributed by atoms with Gasteiger partial charge >= 0.3 is 0 Å². The van der Waals surface area contributed by atoms with Crippen molar-refractivity contribution in [2.24, 2.45) is 0 Å². The molecule has 1 unspecified atom stereocenters. The zero-order valence-corrected chi connectivity index (χ0v) is 11.1. The third-order valence-electron chi connectivity index (χ3n) is 2.82. The van der Waals surface area contributed by atoms with Crippen LogP contribution in [0.3, 0.4) is 0 Å². The standard InChI is InChI=1S/C13H14N2O3S/c1-2-6-15-12(17)10(11(16)14-13(15)19)8-9-5-3-4-7-18-9/h2,4,7-9H,1,3,5-6H2,(H,14,16,19)/b10-8+. The molecule has 2 amide bonds. The molecular formula is C13H14N2O3S. The number of carbonyl (C=O) groups excluding carboxylic acids is 2. The lowest BCUT2D eigenvalue weighted by Gasteiger charge is -2.28. The van der Waals surface area contributed by atoms with Crippen molar-refractivity contribution in [3.63, 3.8) is 0 Å². The van der Waals surface area contributed by atoms with Gasteiger partial charge in [0.1, 0.15) is 11.7 Å². The maximum Gasteiger partial charge on any atom is 0.265 e. The van der Waals surface area contributed by atoms with Crippen LogP contribution in [0.15, 0.2) is 36.6 Å². The fourth-order valence-electron chi connectivity index (χ4n) is 1.87. The summed E-state index contributed by atoms with van der Waals surface area (Å²) in [5.74, 6) is -0.889. The third kappa shape index (κ3) is 2.90. The van der Waals surface area contributed by atoms with Gasteiger partial charge in [0.05, 0.1) is 6.26 Å². The van der Waals surface area contributed by atoms with Crippen LogP contribution in [0.5, 0.6) is 0 Å². The summed E-state index contributed by atoms with van der Waals surface area (Å²) in [5.41, 5.74) is 0.0655. The molecule has 1 saturated heterocycles. The van der Waals surface area contributed by atoms with E-state index >= 15 is 0 Å². The molecule has 0 radical (unpaired) electrons. The van der Waals surface area contributed by atoms with E-state index in [4.69, 9.17) is 17.0 Å². The SMILES string of the molecule is C=CCN1C(=O)/C(=C/C2CCC=CO2)C(=O)NC1=S. The second-order valence-electron chi connectivity index (χ2n) is 4.17. The molecule has 100 valence electrons. The molecule has 0 aliphatic carbocycles. The van der Waals surface area contributed by atoms with Gasteiger partial charge < -0.3 is 4.74 Å². The molecule has 6 heteroatoms. The van der Waals surface area contributed by atoms with Gasteiger partial charge in [0.15, 0.2) is 5.11 Å². The normalized spacial score (nSPS) is 25.3. The second kappa shape index (κ2) is 5.79. The monoisotopic (exact) mass is 278 g/mol. The van der Waals surface area contributed by atoms with Crippen LogP contribution in [-0.2, 0) is 14.3 Å². The Morgan fingerprint density at radius 1 is 1.58 bits per heavy atom. The fraction of sp³-hybridized carbons (Fsp3) is 0.308. The van der Waals surface area contributed by atoms with Crippen molar-refractivity contribution in [3.8, 4) is 0 Å². The Morgan fingerprint density at radius 2 is 2.37 bits per heavy atom. The maximum atomic E-state index is 12.2. The molecule has 0 bridgehead atoms. The van der Waals surface area contributed by atoms with Crippen LogP contribution in [0.1, 0.15) is 12.8 Å². The molecule has 0 aromatic rings. The molecule has 0 saturated carbocycles. The number of thiocarbonyl (C=S) groups is 1. The van der Waals surface area contributed by atoms with E-state index < -0.39 is 11.8 Å². The number of hydrogen-bond donors (Lipinski definition) is 1. The van der Waals surface area contributed by atoms with Crippen LogP contribution in [0.25, 0.3) is 0 Å². The average molecular weight is 278 g/mol. The Morgan fingerprint density at radius 3 is 3.00 bits per heavy atom. The number of ether oxygens (including phenoxy) is 1. The summed E-state index contributed by atoms with van der Waals surface area (Å²) in [6.07, 6.45) is 7.94. The molecule has 1 N–H and O–H groups in total. The van der Waals surface area contributed by atoms with Gasteiger partial charge in [0.2, 0.25) is 0 Å². The predicted octanol–water partition coefficient (Wildman–Crippen LogP) is 1.03. The summed E-state index contributed by atoms with van der Waals surface area (Å²) in [6.45, 7) is 3.83. The molecule has 0 aromatic carbocycles. The first-order valence-corrected chi connectivity index (χ1v) is 6.34. The van der Waals surface area contributed by atoms with E-state index in [0.29, 0.717) is 0 Å². The molecule has 2 heterocycles. The molecule has 1 fully saturated rings. The summed E-state index contributed by atoms with van der Waals surface area (Å²) >= 11 is 4.96. The molecule has 19 heavy (non-hydrogen) atoms. The number of carbonyl (C=O) groups is 2. The number of rotatable bonds is 3. The lowest BCUT2D eigenvalue weighted by atomic mass is 10.1. The van der Waals surface area contributed by atoms with Gasteiger partial charge in [-0.25, -0.2) is 0 Å². The van der Waals surface area contributed by atoms with Crippen LogP contribution >= 0.6 is 12.2 Å². The van der Waals surface area contributed by atoms with E-state index in [9.17, 15) is 9.59 Å². The minimum atomic E-state index is -0.478. The smallest absolute Gasteiger partial charge is 0.265 e. The number of nitrogens with one attached hydrogen (secondary N) is 1. The first-order valence-electron chi connectivity index (χ1n) is 5.94. The van der Waals surface area contributed by atoms with Crippen molar-refractivity contribution in [1.29, 1.82) is 0 Å². The first kappa shape index (κ1) is 13.5. The largest absolute Gasteiger partial charge is 0.494 e. The van der Waals surface area contributed by atoms with Crippen molar-refractivity contribution in [3.05, 3.63) is 36.6 Å². The van der Waals surface area contributed by atoms with Crippen LogP contribution in [0.2, 0.25) is 0 Å². The fourth-order valence-corrected chi connectivity index (χ4v) is 2.12. The van der Waals surface area contributed by atoms with Crippen LogP contribution in [0.4, 0.5) is 0 Å². The highest BCUT2D eigenvalue weighted by molar-refractivity contribution is 7.80. The Labute approximate surface area is 116 Å². The van der Waals surface area contributed by atoms with E-state index in [-0.39, 0.29) is 23.3 Å². The minimum Gasteiger partial charge on any atom is -0.494 e. The minimum absolute atomic E-state index is 0.0655. The maximum absolute atomic E-state index is 12.2. The summed E-state index contributed by atoms with van der Waals surface area (Å²) < 4.78 is 5.34. The third-order valence-corrected chi connectivity index (χ3v) is 3.14. The van der Waals surface area contributed by atoms with Gasteiger partial charge in [-0.3, -0.25) is 19.8 Å². The van der Waals surface area contributed by atoms with Gasteiger partial charge in [-0.15, -0.1) is 6.58 Å². The molecule has 0 aromatic heterocycles. The number of hydrogen-bond acceptors (Lipinski definition) is 4. The lowest BCUT2D eigenvalue weighted by Crippen LogP contribution is -2.54. The van der Waals surface area contributed by atoms with Crippen molar-refractivity contribution < 1.29 is 14.3 Å². The quantitative estimate of drug-likeness (QED) is 0.363. The average Bonchev–Trinajstić information content (AvgIpc) is 2.41. The zero-order chi connectivity index (χ0) is 13.8. The summed E-state index contributed by atoms with van der Waals surface area (Å²) in [6, 6.07) is 0. The molecule has 1 atom stereocenters. The summed E-state index contributed by atoms with van der Waals surface area (Å²) in [7, 11) is 0. The number of allylic oxidation sites excluding steroid dienone is 1. The predicted molar refractivity (Wildman–Crippen MR) is 74.0 cm³/mol. The molecule has 0 spiro atoms. The highest BCUT2D eigenvalue weighted by Crippen LogP contribution is 2.17. The van der Waals surface area contributed by atoms with Gasteiger partial charge in [0.25, 0.3) is 11.8 Å². The molecular weight excluding hydrogens is 264 g/mol. The number of amides is 2. The van der Waals surface area contributed by atoms with E-state index in [2.05, 4.69) is 11.9 Å². The lowest BCUT2D eigenvalue weighted by molar-refractivity contribution is -0.128. The molecule has 2 rings (SSSR count). The Balaban J connectivity index is 2.22. The van der Waals surface area contributed by atoms with Crippen molar-refractivity contribution in [2.45, 2.75) is 18.9 Å². The molecule has 5 nitrogen and oxygen atoms in total. The van der Waals surface area contributed by atoms with Gasteiger partial charge in [0, 0.05) is 6.54 Å². The van der Waals surface area contributed by atoms with E-state index in [1.54, 1.807) is 18.4 Å². The molecule has 2 aliphatic heterocycles. The van der Waals surface area contributed by atoms with Crippen LogP contribution in [-0.4, -0.2) is 34.5 Å². The van der Waals surface area contributed by atoms with E-state index in [0.717, 1.165) is 12.8 Å². The first-order chi connectivity index (χ1) is 9.13. The van der Waals surface area contributed by atoms with Crippen LogP contribution in [0, 0.1) is 0 Å². The zero-order valence-electron chi connectivity index (χ0n) is 10.3. The van der Waals surface area contributed by atoms with Gasteiger partial charge in [-0.05, 0) is 37.2 Å². The van der Waals surface area contributed by atoms with Gasteiger partial charge in [-0.1, -0.05) is 6.08 Å². The van der Waals surface area contributed by atoms with E-state index in [1.165, 1.54) is 4.90 Å². The van der Waals surface area contributed by atoms with Crippen LogP contribution < -0.4 is 5.32 Å². The summed E-state index contributed by atoms with van der Waals surface area (Å²) in [4.78, 5) is 25.3. The Hall–Kier alpha value is -1.95. The number of nitrogens with zero attached hydrogens (tertiary/aromatic N) is 1.